The second-order valence-electron chi connectivity index (χ2n) is 6.28. The maximum absolute atomic E-state index is 13.2. The molecule has 3 rings (SSSR count). The van der Waals surface area contributed by atoms with Crippen molar-refractivity contribution in [3.63, 3.8) is 0 Å². The van der Waals surface area contributed by atoms with Crippen molar-refractivity contribution in [2.45, 2.75) is 16.0 Å². The van der Waals surface area contributed by atoms with E-state index in [0.29, 0.717) is 16.0 Å². The first-order chi connectivity index (χ1) is 14.7. The van der Waals surface area contributed by atoms with Crippen LogP contribution in [0.5, 0.6) is 11.5 Å². The minimum absolute atomic E-state index is 0.0103. The Bertz CT molecular complexity index is 1180. The van der Waals surface area contributed by atoms with Crippen LogP contribution >= 0.6 is 11.8 Å². The van der Waals surface area contributed by atoms with Gasteiger partial charge in [0.25, 0.3) is 0 Å². The Morgan fingerprint density at radius 3 is 2.42 bits per heavy atom. The molecule has 11 heteroatoms. The molecule has 0 fully saturated rings. The van der Waals surface area contributed by atoms with E-state index in [1.54, 1.807) is 18.2 Å². The quantitative estimate of drug-likeness (QED) is 0.388. The molecule has 1 N–H and O–H groups in total. The maximum Gasteiger partial charge on any atom is 0.433 e. The van der Waals surface area contributed by atoms with Crippen LogP contribution in [0.1, 0.15) is 5.69 Å². The van der Waals surface area contributed by atoms with Crippen molar-refractivity contribution in [1.29, 1.82) is 0 Å². The van der Waals surface area contributed by atoms with Crippen molar-refractivity contribution >= 4 is 32.7 Å². The number of halogens is 3. The molecule has 0 aliphatic rings. The Kier molecular flexibility index (Phi) is 6.97. The molecule has 0 radical (unpaired) electrons. The number of fused-ring (bicyclic) bond motifs is 1. The number of ether oxygens (including phenoxy) is 2. The Morgan fingerprint density at radius 1 is 1.03 bits per heavy atom. The van der Waals surface area contributed by atoms with Gasteiger partial charge in [-0.3, -0.25) is 0 Å². The third-order valence-electron chi connectivity index (χ3n) is 4.29. The molecular weight excluding hydrogens is 453 g/mol. The van der Waals surface area contributed by atoms with E-state index < -0.39 is 21.9 Å². The number of pyridine rings is 1. The van der Waals surface area contributed by atoms with E-state index in [9.17, 15) is 21.6 Å². The summed E-state index contributed by atoms with van der Waals surface area (Å²) in [5, 5.41) is 0.572. The fourth-order valence-electron chi connectivity index (χ4n) is 2.81. The lowest BCUT2D eigenvalue weighted by Crippen LogP contribution is -2.26. The fourth-order valence-corrected chi connectivity index (χ4v) is 4.94. The monoisotopic (exact) mass is 472 g/mol. The number of sulfonamides is 1. The predicted octanol–water partition coefficient (Wildman–Crippen LogP) is 4.34. The van der Waals surface area contributed by atoms with Gasteiger partial charge < -0.3 is 9.47 Å². The van der Waals surface area contributed by atoms with Crippen LogP contribution in [0.3, 0.4) is 0 Å². The Morgan fingerprint density at radius 2 is 1.74 bits per heavy atom. The summed E-state index contributed by atoms with van der Waals surface area (Å²) in [6.45, 7) is 0.0132. The van der Waals surface area contributed by atoms with Crippen molar-refractivity contribution in [1.82, 2.24) is 9.71 Å². The lowest BCUT2D eigenvalue weighted by molar-refractivity contribution is -0.141. The average molecular weight is 473 g/mol. The summed E-state index contributed by atoms with van der Waals surface area (Å²) in [5.74, 6) is 0.877. The highest BCUT2D eigenvalue weighted by Gasteiger charge is 2.33. The minimum atomic E-state index is -4.58. The number of nitrogens with one attached hydrogen (secondary N) is 1. The van der Waals surface area contributed by atoms with Gasteiger partial charge in [-0.05, 0) is 24.3 Å². The molecule has 0 saturated heterocycles. The molecule has 0 amide bonds. The molecule has 0 saturated carbocycles. The molecule has 31 heavy (non-hydrogen) atoms. The van der Waals surface area contributed by atoms with Gasteiger partial charge in [0.15, 0.2) is 11.5 Å². The van der Waals surface area contributed by atoms with Gasteiger partial charge in [-0.15, -0.1) is 11.8 Å². The molecule has 6 nitrogen and oxygen atoms in total. The van der Waals surface area contributed by atoms with E-state index in [-0.39, 0.29) is 28.5 Å². The number of methoxy groups -OCH3 is 2. The molecule has 166 valence electrons. The molecule has 0 spiro atoms. The molecule has 1 aromatic heterocycles. The van der Waals surface area contributed by atoms with Crippen molar-refractivity contribution in [2.24, 2.45) is 0 Å². The van der Waals surface area contributed by atoms with Crippen LogP contribution in [0.2, 0.25) is 0 Å². The van der Waals surface area contributed by atoms with Crippen LogP contribution in [0.25, 0.3) is 10.9 Å². The van der Waals surface area contributed by atoms with Gasteiger partial charge in [0, 0.05) is 28.6 Å². The molecule has 0 unspecified atom stereocenters. The first-order valence-corrected chi connectivity index (χ1v) is 11.4. The van der Waals surface area contributed by atoms with E-state index in [2.05, 4.69) is 9.71 Å². The summed E-state index contributed by atoms with van der Waals surface area (Å²) in [6, 6.07) is 11.7. The van der Waals surface area contributed by atoms with Crippen LogP contribution in [0.4, 0.5) is 13.2 Å². The number of rotatable bonds is 8. The van der Waals surface area contributed by atoms with Gasteiger partial charge in [-0.25, -0.2) is 18.1 Å². The highest BCUT2D eigenvalue weighted by atomic mass is 32.2. The summed E-state index contributed by atoms with van der Waals surface area (Å²) in [5.41, 5.74) is -0.759. The van der Waals surface area contributed by atoms with E-state index in [1.165, 1.54) is 38.5 Å². The van der Waals surface area contributed by atoms with Crippen LogP contribution in [0, 0.1) is 0 Å². The predicted molar refractivity (Wildman–Crippen MR) is 112 cm³/mol. The van der Waals surface area contributed by atoms with E-state index in [1.807, 2.05) is 0 Å². The summed E-state index contributed by atoms with van der Waals surface area (Å²) >= 11 is 1.12. The number of benzene rings is 2. The number of aromatic nitrogens is 1. The van der Waals surface area contributed by atoms with E-state index >= 15 is 0 Å². The molecule has 0 aliphatic heterocycles. The standard InChI is InChI=1S/C20H19F3N2O4S2/c1-28-16-8-7-13(11-17(16)29-2)31(26,27)24-9-10-30-18-12-19(20(21,22)23)25-15-6-4-3-5-14(15)18/h3-8,11-12,24H,9-10H2,1-2H3. The number of alkyl halides is 3. The normalized spacial score (nSPS) is 12.2. The summed E-state index contributed by atoms with van der Waals surface area (Å²) in [7, 11) is -1.00. The Hall–Kier alpha value is -2.50. The minimum Gasteiger partial charge on any atom is -0.493 e. The van der Waals surface area contributed by atoms with Crippen LogP contribution in [-0.2, 0) is 16.2 Å². The molecule has 0 aliphatic carbocycles. The lowest BCUT2D eigenvalue weighted by atomic mass is 10.2. The third-order valence-corrected chi connectivity index (χ3v) is 6.80. The summed E-state index contributed by atoms with van der Waals surface area (Å²) in [6.07, 6.45) is -4.58. The van der Waals surface area contributed by atoms with Crippen molar-refractivity contribution in [3.05, 3.63) is 54.2 Å². The van der Waals surface area contributed by atoms with Crippen LogP contribution < -0.4 is 14.2 Å². The number of thioether (sulfide) groups is 1. The van der Waals surface area contributed by atoms with Crippen LogP contribution in [-0.4, -0.2) is 39.9 Å². The molecular formula is C20H19F3N2O4S2. The topological polar surface area (TPSA) is 77.5 Å². The molecule has 0 bridgehead atoms. The summed E-state index contributed by atoms with van der Waals surface area (Å²) < 4.78 is 77.2. The molecule has 3 aromatic rings. The van der Waals surface area contributed by atoms with Gasteiger partial charge in [-0.1, -0.05) is 18.2 Å². The smallest absolute Gasteiger partial charge is 0.433 e. The maximum atomic E-state index is 13.2. The van der Waals surface area contributed by atoms with Gasteiger partial charge in [0.1, 0.15) is 5.69 Å². The largest absolute Gasteiger partial charge is 0.493 e. The second-order valence-corrected chi connectivity index (χ2v) is 9.19. The van der Waals surface area contributed by atoms with Crippen molar-refractivity contribution in [2.75, 3.05) is 26.5 Å². The van der Waals surface area contributed by atoms with Crippen molar-refractivity contribution in [3.8, 4) is 11.5 Å². The van der Waals surface area contributed by atoms with Crippen LogP contribution in [0.15, 0.2) is 58.3 Å². The van der Waals surface area contributed by atoms with E-state index in [4.69, 9.17) is 9.47 Å². The lowest BCUT2D eigenvalue weighted by Gasteiger charge is -2.12. The Labute approximate surface area is 181 Å². The summed E-state index contributed by atoms with van der Waals surface area (Å²) in [4.78, 5) is 4.04. The molecule has 0 atom stereocenters. The zero-order valence-electron chi connectivity index (χ0n) is 16.6. The first-order valence-electron chi connectivity index (χ1n) is 8.97. The van der Waals surface area contributed by atoms with Gasteiger partial charge in [-0.2, -0.15) is 13.2 Å². The Balaban J connectivity index is 1.73. The van der Waals surface area contributed by atoms with Gasteiger partial charge in [0.05, 0.1) is 24.6 Å². The van der Waals surface area contributed by atoms with Gasteiger partial charge >= 0.3 is 6.18 Å². The molecule has 2 aromatic carbocycles. The van der Waals surface area contributed by atoms with Gasteiger partial charge in [0.2, 0.25) is 10.0 Å². The SMILES string of the molecule is COc1ccc(S(=O)(=O)NCCSc2cc(C(F)(F)F)nc3ccccc23)cc1OC. The number of hydrogen-bond acceptors (Lipinski definition) is 6. The first kappa shape index (κ1) is 23.2. The number of nitrogens with zero attached hydrogens (tertiary/aromatic N) is 1. The number of para-hydroxylation sites is 1. The van der Waals surface area contributed by atoms with E-state index in [0.717, 1.165) is 17.8 Å². The fraction of sp³-hybridized carbons (Fsp3) is 0.250. The molecule has 1 heterocycles. The number of hydrogen-bond donors (Lipinski definition) is 1. The third kappa shape index (κ3) is 5.41. The zero-order valence-corrected chi connectivity index (χ0v) is 18.2. The second kappa shape index (κ2) is 9.33. The van der Waals surface area contributed by atoms with Crippen molar-refractivity contribution < 1.29 is 31.1 Å². The zero-order chi connectivity index (χ0) is 22.6. The average Bonchev–Trinajstić information content (AvgIpc) is 2.75. The highest BCUT2D eigenvalue weighted by molar-refractivity contribution is 7.99. The highest BCUT2D eigenvalue weighted by Crippen LogP contribution is 2.35.